The Hall–Kier alpha value is -7.24. The van der Waals surface area contributed by atoms with Gasteiger partial charge in [-0.2, -0.15) is 15.0 Å². The van der Waals surface area contributed by atoms with Gasteiger partial charge in [0.15, 0.2) is 22.8 Å². The second-order valence-electron chi connectivity index (χ2n) is 18.9. The number of carbonyl (C=O) groups is 3. The van der Waals surface area contributed by atoms with E-state index in [2.05, 4.69) is 51.2 Å². The number of alkyl halides is 1. The molecule has 2 fully saturated rings. The number of imidazole rings is 1. The number of rotatable bonds is 32. The average molecular weight is 1110 g/mol. The van der Waals surface area contributed by atoms with Crippen LogP contribution >= 0.6 is 0 Å². The van der Waals surface area contributed by atoms with E-state index in [1.807, 2.05) is 6.92 Å². The fourth-order valence-electron chi connectivity index (χ4n) is 9.53. The molecule has 430 valence electrons. The summed E-state index contributed by atoms with van der Waals surface area (Å²) in [6, 6.07) is 4.17. The van der Waals surface area contributed by atoms with Gasteiger partial charge in [0.25, 0.3) is 11.8 Å². The molecule has 3 amide bonds. The van der Waals surface area contributed by atoms with Gasteiger partial charge in [-0.05, 0) is 37.5 Å². The van der Waals surface area contributed by atoms with Gasteiger partial charge in [0.2, 0.25) is 17.8 Å². The van der Waals surface area contributed by atoms with Gasteiger partial charge in [0.05, 0.1) is 137 Å². The number of carbonyl (C=O) groups excluding carboxylic acids is 2. The molecule has 5 N–H and O–H groups in total. The third-order valence-corrected chi connectivity index (χ3v) is 13.5. The summed E-state index contributed by atoms with van der Waals surface area (Å²) in [4.78, 5) is 65.9. The summed E-state index contributed by atoms with van der Waals surface area (Å²) in [6.45, 7) is 7.35. The highest BCUT2D eigenvalue weighted by molar-refractivity contribution is 6.04. The molecule has 5 aromatic rings. The summed E-state index contributed by atoms with van der Waals surface area (Å²) in [5.74, 6) is 2.21. The van der Waals surface area contributed by atoms with Gasteiger partial charge in [-0.1, -0.05) is 19.8 Å². The average Bonchev–Trinajstić information content (AvgIpc) is 4.47. The zero-order chi connectivity index (χ0) is 55.7. The van der Waals surface area contributed by atoms with Gasteiger partial charge < -0.3 is 83.5 Å². The highest BCUT2D eigenvalue weighted by atomic mass is 19.1. The van der Waals surface area contributed by atoms with Crippen molar-refractivity contribution in [1.82, 2.24) is 49.9 Å². The lowest BCUT2D eigenvalue weighted by atomic mass is 10.0. The summed E-state index contributed by atoms with van der Waals surface area (Å²) in [7, 11) is 6.58. The Morgan fingerprint density at radius 3 is 2.13 bits per heavy atom. The Labute approximate surface area is 456 Å². The van der Waals surface area contributed by atoms with Crippen molar-refractivity contribution in [1.29, 1.82) is 0 Å². The van der Waals surface area contributed by atoms with Crippen molar-refractivity contribution in [3.05, 3.63) is 42.5 Å². The highest BCUT2D eigenvalue weighted by Gasteiger charge is 2.41. The topological polar surface area (TPSA) is 290 Å². The summed E-state index contributed by atoms with van der Waals surface area (Å²) in [5, 5.41) is 25.2. The van der Waals surface area contributed by atoms with Crippen molar-refractivity contribution in [3.8, 4) is 11.6 Å². The molecule has 3 aliphatic rings. The van der Waals surface area contributed by atoms with E-state index >= 15 is 0 Å². The van der Waals surface area contributed by atoms with Crippen LogP contribution in [0.15, 0.2) is 36.9 Å². The lowest BCUT2D eigenvalue weighted by Crippen LogP contribution is -2.55. The standard InChI is InChI=1S/C51H72FN15O12/c1-6-39-48(69)64(3)40-28-54-49(60-44(40)67(39)34-9-7-8-10-34)57-36-12-11-33(27-41(36)72-4)46(68)53-13-15-74-17-19-76-21-23-78-25-26-79-24-22-77-20-18-75-16-14-66-31-38(47(62-66)73-5)56-43-42-45(63(2)32-55-42)61-50(59-43)65-29-35(52)37(30-65)58-51(70)71/h11-12,27-28,31-32,34-35,37,39,58H,6-10,13-26,29-30H2,1-5H3,(H,53,68)(H,70,71)(H,54,57,60)(H,56,59,61)/t35-,37-,39-/m1/s1. The van der Waals surface area contributed by atoms with E-state index in [1.165, 1.54) is 14.2 Å². The maximum absolute atomic E-state index is 14.7. The van der Waals surface area contributed by atoms with E-state index in [4.69, 9.17) is 48.0 Å². The highest BCUT2D eigenvalue weighted by Crippen LogP contribution is 2.41. The molecule has 0 spiro atoms. The van der Waals surface area contributed by atoms with Crippen LogP contribution in [0.1, 0.15) is 49.4 Å². The maximum atomic E-state index is 14.7. The van der Waals surface area contributed by atoms with Crippen LogP contribution in [0, 0.1) is 0 Å². The Kier molecular flexibility index (Phi) is 21.0. The molecule has 1 saturated carbocycles. The number of carboxylic acid groups (broad SMARTS) is 1. The molecule has 1 aromatic carbocycles. The Morgan fingerprint density at radius 2 is 1.48 bits per heavy atom. The van der Waals surface area contributed by atoms with Crippen molar-refractivity contribution in [3.63, 3.8) is 0 Å². The molecule has 0 radical (unpaired) electrons. The lowest BCUT2D eigenvalue weighted by Gasteiger charge is -2.43. The molecular weight excluding hydrogens is 1030 g/mol. The molecule has 6 heterocycles. The van der Waals surface area contributed by atoms with Crippen molar-refractivity contribution in [2.45, 2.75) is 69.9 Å². The molecule has 8 rings (SSSR count). The smallest absolute Gasteiger partial charge is 0.405 e. The third kappa shape index (κ3) is 15.1. The van der Waals surface area contributed by atoms with Crippen LogP contribution in [-0.4, -0.2) is 207 Å². The van der Waals surface area contributed by atoms with E-state index in [0.29, 0.717) is 156 Å². The maximum Gasteiger partial charge on any atom is 0.405 e. The second kappa shape index (κ2) is 28.6. The zero-order valence-electron chi connectivity index (χ0n) is 45.4. The van der Waals surface area contributed by atoms with Gasteiger partial charge >= 0.3 is 6.09 Å². The normalized spacial score (nSPS) is 17.4. The zero-order valence-corrected chi connectivity index (χ0v) is 45.4. The van der Waals surface area contributed by atoms with Crippen LogP contribution in [-0.2, 0) is 46.8 Å². The molecule has 79 heavy (non-hydrogen) atoms. The molecule has 0 bridgehead atoms. The van der Waals surface area contributed by atoms with Gasteiger partial charge in [-0.25, -0.2) is 19.2 Å². The minimum atomic E-state index is -1.43. The summed E-state index contributed by atoms with van der Waals surface area (Å²) in [5.41, 5.74) is 3.19. The first-order chi connectivity index (χ1) is 38.5. The monoisotopic (exact) mass is 1110 g/mol. The number of nitrogens with one attached hydrogen (secondary N) is 4. The number of aryl methyl sites for hydroxylation is 1. The van der Waals surface area contributed by atoms with E-state index in [9.17, 15) is 18.8 Å². The minimum Gasteiger partial charge on any atom is -0.495 e. The minimum absolute atomic E-state index is 0.0547. The largest absolute Gasteiger partial charge is 0.495 e. The van der Waals surface area contributed by atoms with E-state index < -0.39 is 18.3 Å². The number of amides is 3. The van der Waals surface area contributed by atoms with Crippen LogP contribution in [0.5, 0.6) is 11.6 Å². The number of aromatic nitrogens is 8. The lowest BCUT2D eigenvalue weighted by molar-refractivity contribution is -0.120. The summed E-state index contributed by atoms with van der Waals surface area (Å²) >= 11 is 0. The van der Waals surface area contributed by atoms with E-state index in [1.54, 1.807) is 70.1 Å². The number of nitrogens with zero attached hydrogens (tertiary/aromatic N) is 11. The van der Waals surface area contributed by atoms with E-state index in [-0.39, 0.29) is 42.9 Å². The number of ether oxygens (including phenoxy) is 8. The van der Waals surface area contributed by atoms with Gasteiger partial charge in [0.1, 0.15) is 29.3 Å². The number of benzene rings is 1. The first kappa shape index (κ1) is 57.9. The van der Waals surface area contributed by atoms with E-state index in [0.717, 1.165) is 31.5 Å². The molecule has 3 atom stereocenters. The summed E-state index contributed by atoms with van der Waals surface area (Å²) in [6.07, 6.45) is 7.28. The SMILES string of the molecule is CC[C@@H]1C(=O)N(C)c2cnc(Nc3ccc(C(=O)NCCOCCOCCOCCOCCOCCOCCn4cc(Nc5nc(N6C[C@@H](F)[C@H](NC(=O)O)C6)nc6c5ncn6C)c(OC)n4)cc3OC)nc2N1C1CCCC1. The van der Waals surface area contributed by atoms with Gasteiger partial charge in [-0.3, -0.25) is 14.3 Å². The number of likely N-dealkylation sites (N-methyl/N-ethyl adjacent to an activating group) is 1. The van der Waals surface area contributed by atoms with Gasteiger partial charge in [-0.15, -0.1) is 5.10 Å². The fourth-order valence-corrected chi connectivity index (χ4v) is 9.53. The molecule has 1 saturated heterocycles. The van der Waals surface area contributed by atoms with Crippen molar-refractivity contribution < 1.29 is 61.8 Å². The second-order valence-corrected chi connectivity index (χ2v) is 18.9. The van der Waals surface area contributed by atoms with Crippen LogP contribution in [0.4, 0.5) is 49.8 Å². The summed E-state index contributed by atoms with van der Waals surface area (Å²) < 4.78 is 62.9. The van der Waals surface area contributed by atoms with Crippen molar-refractivity contribution in [2.75, 3.05) is 146 Å². The first-order valence-electron chi connectivity index (χ1n) is 26.5. The molecule has 2 aliphatic heterocycles. The third-order valence-electron chi connectivity index (χ3n) is 13.5. The molecule has 28 heteroatoms. The number of hydrogen-bond donors (Lipinski definition) is 5. The predicted octanol–water partition coefficient (Wildman–Crippen LogP) is 3.68. The fraction of sp³-hybridized carbons (Fsp3) is 0.588. The molecule has 0 unspecified atom stereocenters. The number of fused-ring (bicyclic) bond motifs is 2. The molecule has 27 nitrogen and oxygen atoms in total. The Bertz CT molecular complexity index is 2800. The van der Waals surface area contributed by atoms with Crippen molar-refractivity contribution >= 4 is 69.7 Å². The number of halogens is 1. The number of anilines is 7. The first-order valence-corrected chi connectivity index (χ1v) is 26.5. The predicted molar refractivity (Wildman–Crippen MR) is 288 cm³/mol. The van der Waals surface area contributed by atoms with Crippen LogP contribution < -0.4 is 45.4 Å². The van der Waals surface area contributed by atoms with Crippen molar-refractivity contribution in [2.24, 2.45) is 7.05 Å². The Morgan fingerprint density at radius 1 is 0.810 bits per heavy atom. The Balaban J connectivity index is 0.625. The quantitative estimate of drug-likeness (QED) is 0.0384. The molecular formula is C51H72FN15O12. The number of hydrogen-bond acceptors (Lipinski definition) is 21. The van der Waals surface area contributed by atoms with Crippen LogP contribution in [0.3, 0.4) is 0 Å². The van der Waals surface area contributed by atoms with Crippen LogP contribution in [0.25, 0.3) is 11.2 Å². The van der Waals surface area contributed by atoms with Gasteiger partial charge in [0, 0.05) is 38.8 Å². The molecule has 1 aliphatic carbocycles. The number of methoxy groups -OCH3 is 2. The molecule has 4 aromatic heterocycles. The van der Waals surface area contributed by atoms with Crippen LogP contribution in [0.2, 0.25) is 0 Å².